The maximum atomic E-state index is 12.9. The van der Waals surface area contributed by atoms with Crippen molar-refractivity contribution in [3.8, 4) is 0 Å². The van der Waals surface area contributed by atoms with Gasteiger partial charge < -0.3 is 37.8 Å². The van der Waals surface area contributed by atoms with E-state index >= 15 is 0 Å². The Morgan fingerprint density at radius 1 is 1.13 bits per heavy atom. The molecule has 4 unspecified atom stereocenters. The van der Waals surface area contributed by atoms with Gasteiger partial charge in [0.05, 0.1) is 12.5 Å². The topological polar surface area (TPSA) is 211 Å². The Balaban J connectivity index is 2.89. The third-order valence-electron chi connectivity index (χ3n) is 4.83. The van der Waals surface area contributed by atoms with Crippen LogP contribution in [0.1, 0.15) is 45.4 Å². The molecule has 1 saturated heterocycles. The van der Waals surface area contributed by atoms with Crippen molar-refractivity contribution in [1.29, 1.82) is 0 Å². The van der Waals surface area contributed by atoms with Crippen LogP contribution >= 0.6 is 0 Å². The number of carboxylic acid groups (broad SMARTS) is 1. The average Bonchev–Trinajstić information content (AvgIpc) is 3.15. The van der Waals surface area contributed by atoms with E-state index in [2.05, 4.69) is 10.6 Å². The van der Waals surface area contributed by atoms with Crippen LogP contribution < -0.4 is 27.8 Å². The van der Waals surface area contributed by atoms with Crippen molar-refractivity contribution >= 4 is 29.6 Å². The first kappa shape index (κ1) is 25.3. The summed E-state index contributed by atoms with van der Waals surface area (Å²) in [4.78, 5) is 61.6. The second-order valence-corrected chi connectivity index (χ2v) is 7.39. The van der Waals surface area contributed by atoms with Gasteiger partial charge in [-0.3, -0.25) is 19.2 Å². The van der Waals surface area contributed by atoms with Gasteiger partial charge in [-0.15, -0.1) is 0 Å². The third-order valence-corrected chi connectivity index (χ3v) is 4.83. The molecule has 0 bridgehead atoms. The molecule has 1 aliphatic heterocycles. The number of hydrogen-bond donors (Lipinski definition) is 6. The summed E-state index contributed by atoms with van der Waals surface area (Å²) in [5, 5.41) is 14.2. The zero-order chi connectivity index (χ0) is 22.8. The molecule has 30 heavy (non-hydrogen) atoms. The number of nitrogens with zero attached hydrogens (tertiary/aromatic N) is 1. The number of unbranched alkanes of at least 4 members (excludes halogenated alkanes) is 1. The van der Waals surface area contributed by atoms with Gasteiger partial charge in [-0.25, -0.2) is 4.79 Å². The number of aliphatic carboxylic acids is 1. The summed E-state index contributed by atoms with van der Waals surface area (Å²) in [6.07, 6.45) is 1.77. The lowest BCUT2D eigenvalue weighted by Crippen LogP contribution is -2.57. The minimum Gasteiger partial charge on any atom is -0.480 e. The SMILES string of the molecule is CC(N)C(=O)NC(CC(N)=O)C(=O)N1CCCC1C(=O)NC(CCCCN)C(=O)O. The summed E-state index contributed by atoms with van der Waals surface area (Å²) in [6.45, 7) is 2.06. The number of amides is 4. The fraction of sp³-hybridized carbons (Fsp3) is 0.722. The smallest absolute Gasteiger partial charge is 0.326 e. The number of nitrogens with two attached hydrogens (primary N) is 3. The predicted octanol–water partition coefficient (Wildman–Crippen LogP) is -2.62. The van der Waals surface area contributed by atoms with E-state index in [1.54, 1.807) is 0 Å². The maximum Gasteiger partial charge on any atom is 0.326 e. The summed E-state index contributed by atoms with van der Waals surface area (Å²) in [7, 11) is 0. The monoisotopic (exact) mass is 428 g/mol. The molecule has 1 fully saturated rings. The van der Waals surface area contributed by atoms with Crippen molar-refractivity contribution in [2.24, 2.45) is 17.2 Å². The minimum absolute atomic E-state index is 0.216. The van der Waals surface area contributed by atoms with E-state index < -0.39 is 60.2 Å². The molecule has 0 aromatic heterocycles. The van der Waals surface area contributed by atoms with E-state index in [1.165, 1.54) is 11.8 Å². The van der Waals surface area contributed by atoms with Crippen LogP contribution in [0.5, 0.6) is 0 Å². The molecule has 0 aromatic carbocycles. The molecule has 12 heteroatoms. The zero-order valence-electron chi connectivity index (χ0n) is 17.1. The molecule has 0 radical (unpaired) electrons. The van der Waals surface area contributed by atoms with Crippen LogP contribution in [0.2, 0.25) is 0 Å². The molecule has 4 atom stereocenters. The molecule has 170 valence electrons. The Bertz CT molecular complexity index is 655. The van der Waals surface area contributed by atoms with E-state index in [9.17, 15) is 29.1 Å². The van der Waals surface area contributed by atoms with E-state index in [1.807, 2.05) is 0 Å². The van der Waals surface area contributed by atoms with Crippen LogP contribution in [0.4, 0.5) is 0 Å². The largest absolute Gasteiger partial charge is 0.480 e. The predicted molar refractivity (Wildman–Crippen MR) is 107 cm³/mol. The highest BCUT2D eigenvalue weighted by Gasteiger charge is 2.39. The van der Waals surface area contributed by atoms with Crippen LogP contribution in [0, 0.1) is 0 Å². The molecule has 0 saturated carbocycles. The van der Waals surface area contributed by atoms with Crippen molar-refractivity contribution in [3.63, 3.8) is 0 Å². The summed E-state index contributed by atoms with van der Waals surface area (Å²) in [5.74, 6) is -3.86. The number of carbonyl (C=O) groups excluding carboxylic acids is 4. The first-order chi connectivity index (χ1) is 14.1. The van der Waals surface area contributed by atoms with Gasteiger partial charge in [-0.2, -0.15) is 0 Å². The van der Waals surface area contributed by atoms with Gasteiger partial charge >= 0.3 is 5.97 Å². The van der Waals surface area contributed by atoms with Crippen LogP contribution in [-0.2, 0) is 24.0 Å². The van der Waals surface area contributed by atoms with Crippen LogP contribution in [0.3, 0.4) is 0 Å². The molecule has 1 rings (SSSR count). The van der Waals surface area contributed by atoms with Gasteiger partial charge in [0.1, 0.15) is 18.1 Å². The van der Waals surface area contributed by atoms with Crippen molar-refractivity contribution in [2.75, 3.05) is 13.1 Å². The summed E-state index contributed by atoms with van der Waals surface area (Å²) in [6, 6.07) is -4.16. The Kier molecular flexibility index (Phi) is 10.2. The number of carboxylic acids is 1. The summed E-state index contributed by atoms with van der Waals surface area (Å²) in [5.41, 5.74) is 16.1. The van der Waals surface area contributed by atoms with Crippen molar-refractivity contribution < 1.29 is 29.1 Å². The zero-order valence-corrected chi connectivity index (χ0v) is 17.1. The highest BCUT2D eigenvalue weighted by Crippen LogP contribution is 2.20. The Morgan fingerprint density at radius 2 is 1.80 bits per heavy atom. The molecular formula is C18H32N6O6. The number of hydrogen-bond acceptors (Lipinski definition) is 7. The highest BCUT2D eigenvalue weighted by molar-refractivity contribution is 5.96. The fourth-order valence-corrected chi connectivity index (χ4v) is 3.23. The Labute approximate surface area is 174 Å². The summed E-state index contributed by atoms with van der Waals surface area (Å²) < 4.78 is 0. The first-order valence-electron chi connectivity index (χ1n) is 9.96. The highest BCUT2D eigenvalue weighted by atomic mass is 16.4. The number of rotatable bonds is 12. The van der Waals surface area contributed by atoms with Crippen molar-refractivity contribution in [2.45, 2.75) is 69.6 Å². The Hall–Kier alpha value is -2.73. The van der Waals surface area contributed by atoms with E-state index in [4.69, 9.17) is 17.2 Å². The number of carbonyl (C=O) groups is 5. The minimum atomic E-state index is -1.26. The molecule has 0 aliphatic carbocycles. The standard InChI is InChI=1S/C18H32N6O6/c1-10(20)15(26)23-12(9-14(21)25)17(28)24-8-4-6-13(24)16(27)22-11(18(29)30)5-2-3-7-19/h10-13H,2-9,19-20H2,1H3,(H2,21,25)(H,22,27)(H,23,26)(H,29,30). The quantitative estimate of drug-likeness (QED) is 0.181. The van der Waals surface area contributed by atoms with Gasteiger partial charge in [0.2, 0.25) is 23.6 Å². The van der Waals surface area contributed by atoms with Gasteiger partial charge in [0.25, 0.3) is 0 Å². The molecule has 9 N–H and O–H groups in total. The van der Waals surface area contributed by atoms with E-state index in [-0.39, 0.29) is 13.0 Å². The lowest BCUT2D eigenvalue weighted by Gasteiger charge is -2.29. The van der Waals surface area contributed by atoms with Crippen LogP contribution in [0.15, 0.2) is 0 Å². The van der Waals surface area contributed by atoms with Crippen LogP contribution in [0.25, 0.3) is 0 Å². The molecule has 0 aromatic rings. The molecular weight excluding hydrogens is 396 g/mol. The number of primary amides is 1. The summed E-state index contributed by atoms with van der Waals surface area (Å²) >= 11 is 0. The molecule has 1 heterocycles. The lowest BCUT2D eigenvalue weighted by atomic mass is 10.1. The normalized spacial score (nSPS) is 18.9. The fourth-order valence-electron chi connectivity index (χ4n) is 3.23. The molecule has 4 amide bonds. The Morgan fingerprint density at radius 3 is 2.33 bits per heavy atom. The van der Waals surface area contributed by atoms with Gasteiger partial charge in [-0.1, -0.05) is 0 Å². The van der Waals surface area contributed by atoms with E-state index in [0.717, 1.165) is 0 Å². The van der Waals surface area contributed by atoms with Crippen LogP contribution in [-0.4, -0.2) is 76.9 Å². The molecule has 0 spiro atoms. The maximum absolute atomic E-state index is 12.9. The van der Waals surface area contributed by atoms with Crippen molar-refractivity contribution in [3.05, 3.63) is 0 Å². The van der Waals surface area contributed by atoms with Gasteiger partial charge in [0.15, 0.2) is 0 Å². The number of nitrogens with one attached hydrogen (secondary N) is 2. The lowest BCUT2D eigenvalue weighted by molar-refractivity contribution is -0.145. The van der Waals surface area contributed by atoms with Gasteiger partial charge in [-0.05, 0) is 45.6 Å². The molecule has 12 nitrogen and oxygen atoms in total. The van der Waals surface area contributed by atoms with Gasteiger partial charge in [0, 0.05) is 6.54 Å². The molecule has 1 aliphatic rings. The number of likely N-dealkylation sites (tertiary alicyclic amines) is 1. The third kappa shape index (κ3) is 7.59. The average molecular weight is 428 g/mol. The second-order valence-electron chi connectivity index (χ2n) is 7.39. The van der Waals surface area contributed by atoms with E-state index in [0.29, 0.717) is 32.2 Å². The first-order valence-corrected chi connectivity index (χ1v) is 9.96. The second kappa shape index (κ2) is 12.1. The van der Waals surface area contributed by atoms with Crippen molar-refractivity contribution in [1.82, 2.24) is 15.5 Å².